The van der Waals surface area contributed by atoms with Gasteiger partial charge in [-0.1, -0.05) is 35.2 Å². The van der Waals surface area contributed by atoms with Crippen molar-refractivity contribution in [2.24, 2.45) is 0 Å². The van der Waals surface area contributed by atoms with E-state index in [1.807, 2.05) is 43.3 Å². The van der Waals surface area contributed by atoms with E-state index in [9.17, 15) is 0 Å². The first kappa shape index (κ1) is 18.0. The van der Waals surface area contributed by atoms with Gasteiger partial charge in [-0.15, -0.1) is 21.5 Å². The summed E-state index contributed by atoms with van der Waals surface area (Å²) in [5, 5.41) is 15.4. The van der Waals surface area contributed by atoms with Gasteiger partial charge in [-0.05, 0) is 31.2 Å². The normalized spacial score (nSPS) is 10.9. The van der Waals surface area contributed by atoms with Crippen LogP contribution in [0, 0.1) is 6.92 Å². The summed E-state index contributed by atoms with van der Waals surface area (Å²) in [6.45, 7) is 1.93. The summed E-state index contributed by atoms with van der Waals surface area (Å²) in [7, 11) is 1.65. The van der Waals surface area contributed by atoms with Crippen molar-refractivity contribution in [2.45, 2.75) is 17.0 Å². The zero-order valence-electron chi connectivity index (χ0n) is 14.6. The van der Waals surface area contributed by atoms with Gasteiger partial charge in [0.25, 0.3) is 0 Å². The molecule has 138 valence electrons. The van der Waals surface area contributed by atoms with Crippen LogP contribution < -0.4 is 10.1 Å². The number of hydrogen-bond donors (Lipinski definition) is 1. The summed E-state index contributed by atoms with van der Waals surface area (Å²) in [5.74, 6) is 3.21. The molecule has 0 fully saturated rings. The summed E-state index contributed by atoms with van der Waals surface area (Å²) in [6.07, 6.45) is 0. The van der Waals surface area contributed by atoms with Crippen molar-refractivity contribution in [3.63, 3.8) is 0 Å². The Bertz CT molecular complexity index is 1040. The van der Waals surface area contributed by atoms with Crippen molar-refractivity contribution in [1.82, 2.24) is 15.2 Å². The number of ether oxygens (including phenoxy) is 1. The lowest BCUT2D eigenvalue weighted by molar-refractivity contribution is 0.417. The number of nitrogens with zero attached hydrogens (tertiary/aromatic N) is 3. The number of furan rings is 1. The smallest absolute Gasteiger partial charge is 0.210 e. The number of aromatic nitrogens is 3. The molecule has 0 saturated heterocycles. The van der Waals surface area contributed by atoms with Crippen molar-refractivity contribution in [1.29, 1.82) is 0 Å². The molecule has 0 unspecified atom stereocenters. The summed E-state index contributed by atoms with van der Waals surface area (Å²) in [4.78, 5) is 4.63. The quantitative estimate of drug-likeness (QED) is 0.393. The molecule has 0 atom stereocenters. The van der Waals surface area contributed by atoms with E-state index in [0.717, 1.165) is 48.9 Å². The average Bonchev–Trinajstić information content (AvgIpc) is 3.41. The molecule has 9 heteroatoms. The first-order valence-electron chi connectivity index (χ1n) is 8.09. The maximum absolute atomic E-state index is 5.63. The van der Waals surface area contributed by atoms with Crippen molar-refractivity contribution < 1.29 is 9.15 Å². The van der Waals surface area contributed by atoms with Crippen LogP contribution in [0.4, 0.5) is 10.8 Å². The van der Waals surface area contributed by atoms with Gasteiger partial charge in [0.15, 0.2) is 15.1 Å². The summed E-state index contributed by atoms with van der Waals surface area (Å²) in [5.41, 5.74) is 1.87. The average molecular weight is 417 g/mol. The maximum atomic E-state index is 5.63. The van der Waals surface area contributed by atoms with Gasteiger partial charge in [-0.3, -0.25) is 0 Å². The van der Waals surface area contributed by atoms with Crippen LogP contribution in [0.25, 0.3) is 10.8 Å². The molecule has 0 aliphatic rings. The Hall–Kier alpha value is -2.36. The van der Waals surface area contributed by atoms with E-state index in [4.69, 9.17) is 9.15 Å². The van der Waals surface area contributed by atoms with Crippen molar-refractivity contribution >= 4 is 45.3 Å². The van der Waals surface area contributed by atoms with Gasteiger partial charge in [0.2, 0.25) is 5.13 Å². The second-order valence-electron chi connectivity index (χ2n) is 5.54. The molecule has 0 radical (unpaired) electrons. The fourth-order valence-electron chi connectivity index (χ4n) is 2.35. The third-order valence-electron chi connectivity index (χ3n) is 3.60. The monoisotopic (exact) mass is 416 g/mol. The second kappa shape index (κ2) is 8.12. The maximum Gasteiger partial charge on any atom is 0.210 e. The number of hydrogen-bond acceptors (Lipinski definition) is 9. The summed E-state index contributed by atoms with van der Waals surface area (Å²) >= 11 is 4.70. The number of nitrogens with one attached hydrogen (secondary N) is 1. The number of aryl methyl sites for hydroxylation is 1. The molecular formula is C18H16N4O2S3. The van der Waals surface area contributed by atoms with Crippen LogP contribution in [0.3, 0.4) is 0 Å². The molecule has 4 aromatic rings. The van der Waals surface area contributed by atoms with Gasteiger partial charge in [-0.25, -0.2) is 4.98 Å². The highest BCUT2D eigenvalue weighted by Crippen LogP contribution is 2.33. The molecule has 1 aromatic carbocycles. The first-order valence-corrected chi connectivity index (χ1v) is 10.8. The lowest BCUT2D eigenvalue weighted by Crippen LogP contribution is -1.93. The number of para-hydroxylation sites is 2. The van der Waals surface area contributed by atoms with Crippen molar-refractivity contribution in [2.75, 3.05) is 12.4 Å². The SMILES string of the molecule is COc1ccccc1Nc1nnc(SCc2csc(-c3ccc(C)o3)n2)s1. The molecule has 1 N–H and O–H groups in total. The Morgan fingerprint density at radius 2 is 2.07 bits per heavy atom. The predicted octanol–water partition coefficient (Wildman–Crippen LogP) is 5.61. The molecule has 0 saturated carbocycles. The fraction of sp³-hybridized carbons (Fsp3) is 0.167. The fourth-order valence-corrected chi connectivity index (χ4v) is 4.90. The predicted molar refractivity (Wildman–Crippen MR) is 110 cm³/mol. The third kappa shape index (κ3) is 4.32. The van der Waals surface area contributed by atoms with Gasteiger partial charge in [0.05, 0.1) is 18.5 Å². The van der Waals surface area contributed by atoms with Crippen LogP contribution in [-0.4, -0.2) is 22.3 Å². The summed E-state index contributed by atoms with van der Waals surface area (Å²) < 4.78 is 11.9. The van der Waals surface area contributed by atoms with E-state index in [2.05, 4.69) is 25.9 Å². The van der Waals surface area contributed by atoms with Gasteiger partial charge in [-0.2, -0.15) is 0 Å². The molecule has 0 aliphatic carbocycles. The van der Waals surface area contributed by atoms with E-state index < -0.39 is 0 Å². The van der Waals surface area contributed by atoms with E-state index in [0.29, 0.717) is 0 Å². The van der Waals surface area contributed by atoms with Crippen LogP contribution in [0.2, 0.25) is 0 Å². The minimum Gasteiger partial charge on any atom is -0.495 e. The van der Waals surface area contributed by atoms with Crippen LogP contribution in [0.15, 0.2) is 50.5 Å². The van der Waals surface area contributed by atoms with Crippen molar-refractivity contribution in [3.05, 3.63) is 53.2 Å². The largest absolute Gasteiger partial charge is 0.495 e. The first-order chi connectivity index (χ1) is 13.2. The lowest BCUT2D eigenvalue weighted by Gasteiger charge is -2.07. The lowest BCUT2D eigenvalue weighted by atomic mass is 10.3. The number of rotatable bonds is 7. The second-order valence-corrected chi connectivity index (χ2v) is 8.60. The van der Waals surface area contributed by atoms with Gasteiger partial charge >= 0.3 is 0 Å². The zero-order valence-corrected chi connectivity index (χ0v) is 17.1. The topological polar surface area (TPSA) is 73.1 Å². The van der Waals surface area contributed by atoms with E-state index in [-0.39, 0.29) is 0 Å². The molecule has 3 heterocycles. The molecule has 27 heavy (non-hydrogen) atoms. The van der Waals surface area contributed by atoms with Crippen LogP contribution in [0.1, 0.15) is 11.5 Å². The molecule has 3 aromatic heterocycles. The van der Waals surface area contributed by atoms with E-state index >= 15 is 0 Å². The van der Waals surface area contributed by atoms with Crippen molar-refractivity contribution in [3.8, 4) is 16.5 Å². The minimum absolute atomic E-state index is 0.729. The highest BCUT2D eigenvalue weighted by Gasteiger charge is 2.11. The Kier molecular flexibility index (Phi) is 5.42. The molecular weight excluding hydrogens is 400 g/mol. The molecule has 0 bridgehead atoms. The minimum atomic E-state index is 0.729. The number of anilines is 2. The Balaban J connectivity index is 1.38. The Labute approximate surface area is 168 Å². The third-order valence-corrected chi connectivity index (χ3v) is 6.51. The highest BCUT2D eigenvalue weighted by atomic mass is 32.2. The van der Waals surface area contributed by atoms with Crippen LogP contribution in [-0.2, 0) is 5.75 Å². The molecule has 0 amide bonds. The number of thiazole rings is 1. The van der Waals surface area contributed by atoms with E-state index in [1.54, 1.807) is 30.2 Å². The summed E-state index contributed by atoms with van der Waals surface area (Å²) in [6, 6.07) is 11.6. The Morgan fingerprint density at radius 3 is 2.89 bits per heavy atom. The highest BCUT2D eigenvalue weighted by molar-refractivity contribution is 8.00. The number of thioether (sulfide) groups is 1. The number of methoxy groups -OCH3 is 1. The number of benzene rings is 1. The van der Waals surface area contributed by atoms with Crippen LogP contribution in [0.5, 0.6) is 5.75 Å². The van der Waals surface area contributed by atoms with Gasteiger partial charge in [0.1, 0.15) is 11.5 Å². The molecule has 0 aliphatic heterocycles. The van der Waals surface area contributed by atoms with Gasteiger partial charge in [0, 0.05) is 11.1 Å². The molecule has 0 spiro atoms. The molecule has 6 nitrogen and oxygen atoms in total. The molecule has 4 rings (SSSR count). The standard InChI is InChI=1S/C18H16N4O2S3/c1-11-7-8-15(24-11)16-19-12(9-25-16)10-26-18-22-21-17(27-18)20-13-5-3-4-6-14(13)23-2/h3-9H,10H2,1-2H3,(H,20,21). The van der Waals surface area contributed by atoms with Gasteiger partial charge < -0.3 is 14.5 Å². The zero-order chi connectivity index (χ0) is 18.6. The van der Waals surface area contributed by atoms with E-state index in [1.165, 1.54) is 11.3 Å². The van der Waals surface area contributed by atoms with Crippen LogP contribution >= 0.6 is 34.4 Å². The Morgan fingerprint density at radius 1 is 1.19 bits per heavy atom.